The van der Waals surface area contributed by atoms with Crippen LogP contribution >= 0.6 is 0 Å². The minimum absolute atomic E-state index is 0.136. The third-order valence-electron chi connectivity index (χ3n) is 2.89. The molecule has 0 N–H and O–H groups in total. The Morgan fingerprint density at radius 1 is 1.10 bits per heavy atom. The molecule has 0 spiro atoms. The van der Waals surface area contributed by atoms with E-state index in [0.29, 0.717) is 17.7 Å². The normalized spacial score (nSPS) is 20.5. The van der Waals surface area contributed by atoms with Gasteiger partial charge in [0.15, 0.2) is 0 Å². The summed E-state index contributed by atoms with van der Waals surface area (Å²) in [5, 5.41) is 0. The second-order valence-corrected chi connectivity index (χ2v) is 4.44. The fourth-order valence-corrected chi connectivity index (χ4v) is 1.98. The van der Waals surface area contributed by atoms with E-state index in [1.165, 1.54) is 14.0 Å². The van der Waals surface area contributed by atoms with Crippen LogP contribution in [0.15, 0.2) is 36.4 Å². The van der Waals surface area contributed by atoms with E-state index >= 15 is 0 Å². The molecule has 1 aliphatic carbocycles. The van der Waals surface area contributed by atoms with E-state index < -0.39 is 0 Å². The predicted molar refractivity (Wildman–Crippen MR) is 71.5 cm³/mol. The molecule has 0 fully saturated rings. The Labute approximate surface area is 117 Å². The number of carbonyl (C=O) groups is 2. The standard InChI is InChI=1S/C15H16O5/c1-10(16)19-13-7-8-14(9-13)20-12-5-3-11(4-6-12)15(17)18-2/h3-8,13-14H,9H2,1-2H3/t13-,14-/m1/s1. The first-order valence-electron chi connectivity index (χ1n) is 6.29. The van der Waals surface area contributed by atoms with Crippen LogP contribution in [-0.2, 0) is 14.3 Å². The van der Waals surface area contributed by atoms with Crippen LogP contribution in [0.2, 0.25) is 0 Å². The van der Waals surface area contributed by atoms with Crippen molar-refractivity contribution in [2.45, 2.75) is 25.6 Å². The van der Waals surface area contributed by atoms with Gasteiger partial charge in [-0.05, 0) is 36.4 Å². The Hall–Kier alpha value is -2.30. The zero-order chi connectivity index (χ0) is 14.5. The molecule has 5 nitrogen and oxygen atoms in total. The maximum atomic E-state index is 11.3. The van der Waals surface area contributed by atoms with Gasteiger partial charge in [-0.15, -0.1) is 0 Å². The molecule has 0 radical (unpaired) electrons. The molecule has 0 amide bonds. The van der Waals surface area contributed by atoms with Crippen molar-refractivity contribution in [1.29, 1.82) is 0 Å². The van der Waals surface area contributed by atoms with Gasteiger partial charge in [-0.2, -0.15) is 0 Å². The van der Waals surface area contributed by atoms with E-state index in [1.54, 1.807) is 24.3 Å². The van der Waals surface area contributed by atoms with Crippen LogP contribution in [0.4, 0.5) is 0 Å². The molecule has 0 bridgehead atoms. The number of esters is 2. The lowest BCUT2D eigenvalue weighted by molar-refractivity contribution is -0.144. The van der Waals surface area contributed by atoms with Crippen molar-refractivity contribution >= 4 is 11.9 Å². The van der Waals surface area contributed by atoms with Gasteiger partial charge in [0.1, 0.15) is 18.0 Å². The summed E-state index contributed by atoms with van der Waals surface area (Å²) in [4.78, 5) is 22.1. The monoisotopic (exact) mass is 276 g/mol. The molecule has 0 aromatic heterocycles. The zero-order valence-electron chi connectivity index (χ0n) is 11.4. The van der Waals surface area contributed by atoms with Crippen LogP contribution in [0.1, 0.15) is 23.7 Å². The lowest BCUT2D eigenvalue weighted by Crippen LogP contribution is -2.18. The maximum absolute atomic E-state index is 11.3. The molecular formula is C15H16O5. The molecule has 5 heteroatoms. The van der Waals surface area contributed by atoms with Gasteiger partial charge in [-0.3, -0.25) is 4.79 Å². The highest BCUT2D eigenvalue weighted by molar-refractivity contribution is 5.89. The molecule has 0 saturated carbocycles. The summed E-state index contributed by atoms with van der Waals surface area (Å²) in [5.41, 5.74) is 0.472. The largest absolute Gasteiger partial charge is 0.486 e. The number of carbonyl (C=O) groups excluding carboxylic acids is 2. The van der Waals surface area contributed by atoms with E-state index in [-0.39, 0.29) is 24.1 Å². The van der Waals surface area contributed by atoms with Crippen LogP contribution in [0.3, 0.4) is 0 Å². The van der Waals surface area contributed by atoms with Crippen LogP contribution in [0, 0.1) is 0 Å². The number of rotatable bonds is 4. The molecule has 0 heterocycles. The molecule has 106 valence electrons. The lowest BCUT2D eigenvalue weighted by Gasteiger charge is -2.14. The number of benzene rings is 1. The topological polar surface area (TPSA) is 61.8 Å². The molecule has 0 aliphatic heterocycles. The highest BCUT2D eigenvalue weighted by Crippen LogP contribution is 2.21. The number of hydrogen-bond donors (Lipinski definition) is 0. The van der Waals surface area contributed by atoms with Crippen molar-refractivity contribution in [3.63, 3.8) is 0 Å². The number of methoxy groups -OCH3 is 1. The van der Waals surface area contributed by atoms with Crippen LogP contribution in [0.5, 0.6) is 5.75 Å². The Bertz CT molecular complexity index is 518. The van der Waals surface area contributed by atoms with Crippen molar-refractivity contribution in [1.82, 2.24) is 0 Å². The Morgan fingerprint density at radius 2 is 1.75 bits per heavy atom. The molecule has 2 atom stereocenters. The summed E-state index contributed by atoms with van der Waals surface area (Å²) in [6.07, 6.45) is 3.91. The van der Waals surface area contributed by atoms with Gasteiger partial charge in [0.2, 0.25) is 0 Å². The zero-order valence-corrected chi connectivity index (χ0v) is 11.4. The molecule has 1 aromatic rings. The predicted octanol–water partition coefficient (Wildman–Crippen LogP) is 2.11. The summed E-state index contributed by atoms with van der Waals surface area (Å²) in [6.45, 7) is 1.38. The molecule has 1 aromatic carbocycles. The lowest BCUT2D eigenvalue weighted by atomic mass is 10.2. The van der Waals surface area contributed by atoms with Gasteiger partial charge in [-0.25, -0.2) is 4.79 Å². The molecule has 20 heavy (non-hydrogen) atoms. The van der Waals surface area contributed by atoms with E-state index in [9.17, 15) is 9.59 Å². The first kappa shape index (κ1) is 14.1. The Kier molecular flexibility index (Phi) is 4.40. The quantitative estimate of drug-likeness (QED) is 0.622. The van der Waals surface area contributed by atoms with Crippen molar-refractivity contribution in [2.24, 2.45) is 0 Å². The van der Waals surface area contributed by atoms with Crippen LogP contribution < -0.4 is 4.74 Å². The molecule has 1 aliphatic rings. The number of hydrogen-bond acceptors (Lipinski definition) is 5. The first-order chi connectivity index (χ1) is 9.58. The Morgan fingerprint density at radius 3 is 2.35 bits per heavy atom. The second-order valence-electron chi connectivity index (χ2n) is 4.44. The average molecular weight is 276 g/mol. The molecule has 0 saturated heterocycles. The summed E-state index contributed by atoms with van der Waals surface area (Å²) >= 11 is 0. The highest BCUT2D eigenvalue weighted by atomic mass is 16.5. The van der Waals surface area contributed by atoms with Gasteiger partial charge < -0.3 is 14.2 Å². The minimum Gasteiger partial charge on any atom is -0.486 e. The summed E-state index contributed by atoms with van der Waals surface area (Å²) < 4.78 is 15.4. The van der Waals surface area contributed by atoms with E-state index in [0.717, 1.165) is 0 Å². The van der Waals surface area contributed by atoms with Gasteiger partial charge in [0, 0.05) is 13.3 Å². The summed E-state index contributed by atoms with van der Waals surface area (Å²) in [5.74, 6) is -0.0363. The van der Waals surface area contributed by atoms with Crippen LogP contribution in [0.25, 0.3) is 0 Å². The molecule has 2 rings (SSSR count). The fourth-order valence-electron chi connectivity index (χ4n) is 1.98. The van der Waals surface area contributed by atoms with E-state index in [4.69, 9.17) is 9.47 Å². The van der Waals surface area contributed by atoms with Crippen molar-refractivity contribution < 1.29 is 23.8 Å². The van der Waals surface area contributed by atoms with Gasteiger partial charge in [0.05, 0.1) is 12.7 Å². The third-order valence-corrected chi connectivity index (χ3v) is 2.89. The summed E-state index contributed by atoms with van der Waals surface area (Å²) in [6, 6.07) is 6.70. The smallest absolute Gasteiger partial charge is 0.337 e. The van der Waals surface area contributed by atoms with E-state index in [1.807, 2.05) is 12.2 Å². The first-order valence-corrected chi connectivity index (χ1v) is 6.29. The maximum Gasteiger partial charge on any atom is 0.337 e. The van der Waals surface area contributed by atoms with Crippen molar-refractivity contribution in [3.8, 4) is 5.75 Å². The second kappa shape index (κ2) is 6.23. The van der Waals surface area contributed by atoms with Crippen LogP contribution in [-0.4, -0.2) is 31.3 Å². The van der Waals surface area contributed by atoms with Gasteiger partial charge in [0.25, 0.3) is 0 Å². The SMILES string of the molecule is COC(=O)c1ccc(O[C@@H]2C=C[C@@H](OC(C)=O)C2)cc1. The minimum atomic E-state index is -0.382. The highest BCUT2D eigenvalue weighted by Gasteiger charge is 2.22. The van der Waals surface area contributed by atoms with E-state index in [2.05, 4.69) is 4.74 Å². The molecular weight excluding hydrogens is 260 g/mol. The Balaban J connectivity index is 1.90. The van der Waals surface area contributed by atoms with Crippen molar-refractivity contribution in [3.05, 3.63) is 42.0 Å². The number of ether oxygens (including phenoxy) is 3. The average Bonchev–Trinajstić information content (AvgIpc) is 2.85. The van der Waals surface area contributed by atoms with Gasteiger partial charge >= 0.3 is 11.9 Å². The fraction of sp³-hybridized carbons (Fsp3) is 0.333. The van der Waals surface area contributed by atoms with Crippen molar-refractivity contribution in [2.75, 3.05) is 7.11 Å². The third kappa shape index (κ3) is 3.60. The summed E-state index contributed by atoms with van der Waals surface area (Å²) in [7, 11) is 1.34. The van der Waals surface area contributed by atoms with Gasteiger partial charge in [-0.1, -0.05) is 0 Å². The molecule has 0 unspecified atom stereocenters.